The maximum absolute atomic E-state index is 14.1. The first-order valence-electron chi connectivity index (χ1n) is 6.60. The lowest BCUT2D eigenvalue weighted by atomic mass is 10.0. The number of ether oxygens (including phenoxy) is 1. The number of carbonyl (C=O) groups excluding carboxylic acids is 1. The lowest BCUT2D eigenvalue weighted by Gasteiger charge is -2.23. The van der Waals surface area contributed by atoms with Crippen molar-refractivity contribution in [2.24, 2.45) is 5.73 Å². The highest BCUT2D eigenvalue weighted by atomic mass is 32.2. The minimum absolute atomic E-state index is 0.0223. The van der Waals surface area contributed by atoms with Crippen LogP contribution in [0.25, 0.3) is 0 Å². The molecule has 20 heavy (non-hydrogen) atoms. The largest absolute Gasteiger partial charge is 0.464 e. The topological polar surface area (TPSA) is 52.3 Å². The number of thioether (sulfide) groups is 1. The van der Waals surface area contributed by atoms with E-state index in [0.717, 1.165) is 4.90 Å². The van der Waals surface area contributed by atoms with Gasteiger partial charge in [-0.1, -0.05) is 39.0 Å². The summed E-state index contributed by atoms with van der Waals surface area (Å²) in [7, 11) is 0. The van der Waals surface area contributed by atoms with Crippen LogP contribution in [-0.2, 0) is 9.53 Å². The summed E-state index contributed by atoms with van der Waals surface area (Å²) in [5.74, 6) is -0.907. The van der Waals surface area contributed by atoms with Gasteiger partial charge in [-0.2, -0.15) is 0 Å². The van der Waals surface area contributed by atoms with Crippen molar-refractivity contribution in [1.29, 1.82) is 0 Å². The first-order valence-corrected chi connectivity index (χ1v) is 7.42. The van der Waals surface area contributed by atoms with Crippen molar-refractivity contribution in [3.8, 4) is 0 Å². The lowest BCUT2D eigenvalue weighted by molar-refractivity contribution is -0.149. The molecule has 0 heterocycles. The molecule has 0 aliphatic heterocycles. The van der Waals surface area contributed by atoms with Crippen molar-refractivity contribution < 1.29 is 13.9 Å². The summed E-state index contributed by atoms with van der Waals surface area (Å²) >= 11 is 1.60. The van der Waals surface area contributed by atoms with E-state index in [1.165, 1.54) is 0 Å². The van der Waals surface area contributed by atoms with Crippen LogP contribution < -0.4 is 5.73 Å². The smallest absolute Gasteiger partial charge is 0.342 e. The maximum Gasteiger partial charge on any atom is 0.342 e. The Bertz CT molecular complexity index is 459. The summed E-state index contributed by atoms with van der Waals surface area (Å²) in [5.41, 5.74) is 6.53. The number of halogens is 1. The Hall–Kier alpha value is -1.07. The highest BCUT2D eigenvalue weighted by molar-refractivity contribution is 8.00. The molecule has 5 heteroatoms. The van der Waals surface area contributed by atoms with E-state index < -0.39 is 18.2 Å². The van der Waals surface area contributed by atoms with Gasteiger partial charge in [-0.3, -0.25) is 0 Å². The van der Waals surface area contributed by atoms with Gasteiger partial charge in [0, 0.05) is 9.64 Å². The summed E-state index contributed by atoms with van der Waals surface area (Å²) in [6, 6.07) is 6.30. The SMILES string of the molecule is CCOC(=O)C(F)[C@H](N)c1ccccc1SC(C)(C)C. The Morgan fingerprint density at radius 3 is 2.55 bits per heavy atom. The monoisotopic (exact) mass is 299 g/mol. The molecule has 0 radical (unpaired) electrons. The van der Waals surface area contributed by atoms with Gasteiger partial charge in [0.2, 0.25) is 6.17 Å². The molecule has 0 bridgehead atoms. The third-order valence-corrected chi connectivity index (χ3v) is 3.73. The Kier molecular flexibility index (Phi) is 6.02. The maximum atomic E-state index is 14.1. The fourth-order valence-electron chi connectivity index (χ4n) is 1.70. The molecule has 1 rings (SSSR count). The molecule has 112 valence electrons. The average Bonchev–Trinajstić information content (AvgIpc) is 2.36. The van der Waals surface area contributed by atoms with E-state index in [0.29, 0.717) is 5.56 Å². The molecule has 0 fully saturated rings. The first kappa shape index (κ1) is 17.0. The molecule has 0 aromatic heterocycles. The summed E-state index contributed by atoms with van der Waals surface area (Å²) in [4.78, 5) is 12.4. The molecule has 2 N–H and O–H groups in total. The van der Waals surface area contributed by atoms with Crippen LogP contribution in [0.3, 0.4) is 0 Å². The zero-order chi connectivity index (χ0) is 15.3. The Morgan fingerprint density at radius 1 is 1.40 bits per heavy atom. The van der Waals surface area contributed by atoms with E-state index in [-0.39, 0.29) is 11.4 Å². The zero-order valence-electron chi connectivity index (χ0n) is 12.4. The quantitative estimate of drug-likeness (QED) is 0.668. The zero-order valence-corrected chi connectivity index (χ0v) is 13.2. The Morgan fingerprint density at radius 2 is 2.00 bits per heavy atom. The van der Waals surface area contributed by atoms with Crippen LogP contribution in [0.4, 0.5) is 4.39 Å². The Labute approximate surface area is 124 Å². The van der Waals surface area contributed by atoms with Crippen LogP contribution >= 0.6 is 11.8 Å². The summed E-state index contributed by atoms with van der Waals surface area (Å²) in [6.07, 6.45) is -1.85. The van der Waals surface area contributed by atoms with Gasteiger partial charge in [-0.05, 0) is 18.6 Å². The minimum atomic E-state index is -1.85. The van der Waals surface area contributed by atoms with Crippen molar-refractivity contribution >= 4 is 17.7 Å². The third kappa shape index (κ3) is 4.80. The van der Waals surface area contributed by atoms with Crippen LogP contribution in [-0.4, -0.2) is 23.5 Å². The lowest BCUT2D eigenvalue weighted by Crippen LogP contribution is -2.32. The molecule has 0 aliphatic rings. The fraction of sp³-hybridized carbons (Fsp3) is 0.533. The van der Waals surface area contributed by atoms with E-state index in [2.05, 4.69) is 25.5 Å². The molecular weight excluding hydrogens is 277 g/mol. The summed E-state index contributed by atoms with van der Waals surface area (Å²) < 4.78 is 18.7. The van der Waals surface area contributed by atoms with Crippen molar-refractivity contribution in [2.45, 2.75) is 49.6 Å². The van der Waals surface area contributed by atoms with Crippen molar-refractivity contribution in [3.05, 3.63) is 29.8 Å². The molecular formula is C15H22FNO2S. The minimum Gasteiger partial charge on any atom is -0.464 e. The van der Waals surface area contributed by atoms with E-state index in [9.17, 15) is 9.18 Å². The van der Waals surface area contributed by atoms with Crippen molar-refractivity contribution in [2.75, 3.05) is 6.61 Å². The number of carbonyl (C=O) groups is 1. The molecule has 0 spiro atoms. The van der Waals surface area contributed by atoms with E-state index in [4.69, 9.17) is 5.73 Å². The van der Waals surface area contributed by atoms with Crippen LogP contribution in [0.2, 0.25) is 0 Å². The van der Waals surface area contributed by atoms with E-state index >= 15 is 0 Å². The van der Waals surface area contributed by atoms with Gasteiger partial charge in [-0.25, -0.2) is 9.18 Å². The van der Waals surface area contributed by atoms with Crippen molar-refractivity contribution in [3.63, 3.8) is 0 Å². The normalized spacial score (nSPS) is 14.7. The average molecular weight is 299 g/mol. The molecule has 1 unspecified atom stereocenters. The van der Waals surface area contributed by atoms with E-state index in [1.807, 2.05) is 12.1 Å². The number of hydrogen-bond acceptors (Lipinski definition) is 4. The second kappa shape index (κ2) is 7.09. The molecule has 0 saturated carbocycles. The molecule has 0 aliphatic carbocycles. The molecule has 1 aromatic rings. The van der Waals surface area contributed by atoms with Crippen molar-refractivity contribution in [1.82, 2.24) is 0 Å². The van der Waals surface area contributed by atoms with Gasteiger partial charge >= 0.3 is 5.97 Å². The van der Waals surface area contributed by atoms with E-state index in [1.54, 1.807) is 30.8 Å². The number of alkyl halides is 1. The van der Waals surface area contributed by atoms with Crippen LogP contribution in [0.5, 0.6) is 0 Å². The van der Waals surface area contributed by atoms with Gasteiger partial charge in [0.15, 0.2) is 0 Å². The molecule has 3 nitrogen and oxygen atoms in total. The second-order valence-corrected chi connectivity index (χ2v) is 7.30. The Balaban J connectivity index is 2.98. The van der Waals surface area contributed by atoms with Gasteiger partial charge in [-0.15, -0.1) is 11.8 Å². The van der Waals surface area contributed by atoms with Crippen LogP contribution in [0.15, 0.2) is 29.2 Å². The first-order chi connectivity index (χ1) is 9.26. The molecule has 1 aromatic carbocycles. The third-order valence-electron chi connectivity index (χ3n) is 2.52. The van der Waals surface area contributed by atoms with Crippen LogP contribution in [0.1, 0.15) is 39.3 Å². The fourth-order valence-corrected chi connectivity index (χ4v) is 2.83. The summed E-state index contributed by atoms with van der Waals surface area (Å²) in [6.45, 7) is 7.98. The predicted octanol–water partition coefficient (Wildman–Crippen LogP) is 3.48. The number of hydrogen-bond donors (Lipinski definition) is 1. The standard InChI is InChI=1S/C15H22FNO2S/c1-5-19-14(18)12(16)13(17)10-8-6-7-9-11(10)20-15(2,3)4/h6-9,12-13H,5,17H2,1-4H3/t12?,13-/m1/s1. The number of rotatable bonds is 5. The molecule has 0 amide bonds. The predicted molar refractivity (Wildman–Crippen MR) is 80.5 cm³/mol. The molecule has 2 atom stereocenters. The second-order valence-electron chi connectivity index (χ2n) is 5.43. The van der Waals surface area contributed by atoms with Gasteiger partial charge in [0.05, 0.1) is 12.6 Å². The van der Waals surface area contributed by atoms with Gasteiger partial charge in [0.1, 0.15) is 0 Å². The van der Waals surface area contributed by atoms with Gasteiger partial charge < -0.3 is 10.5 Å². The van der Waals surface area contributed by atoms with Crippen LogP contribution in [0, 0.1) is 0 Å². The number of esters is 1. The number of benzene rings is 1. The highest BCUT2D eigenvalue weighted by Crippen LogP contribution is 2.36. The van der Waals surface area contributed by atoms with Gasteiger partial charge in [0.25, 0.3) is 0 Å². The summed E-state index contributed by atoms with van der Waals surface area (Å²) in [5, 5.41) is 0. The number of nitrogens with two attached hydrogens (primary N) is 1. The highest BCUT2D eigenvalue weighted by Gasteiger charge is 2.30. The molecule has 0 saturated heterocycles.